The van der Waals surface area contributed by atoms with Crippen molar-refractivity contribution in [3.05, 3.63) is 23.8 Å². The molecule has 1 saturated heterocycles. The summed E-state index contributed by atoms with van der Waals surface area (Å²) in [5.41, 5.74) is 1.29. The van der Waals surface area contributed by atoms with Crippen molar-refractivity contribution in [2.75, 3.05) is 26.4 Å². The highest BCUT2D eigenvalue weighted by Gasteiger charge is 2.23. The molecule has 1 N–H and O–H groups in total. The number of likely N-dealkylation sites (N-methyl/N-ethyl adjacent to an activating group) is 1. The molecule has 0 amide bonds. The molecule has 2 aliphatic rings. The Balaban J connectivity index is 1.74. The summed E-state index contributed by atoms with van der Waals surface area (Å²) in [6.07, 6.45) is 4.01. The maximum Gasteiger partial charge on any atom is 0.231 e. The molecule has 0 aromatic heterocycles. The maximum atomic E-state index is 5.51. The second kappa shape index (κ2) is 6.67. The van der Waals surface area contributed by atoms with Gasteiger partial charge in [0.2, 0.25) is 6.79 Å². The van der Waals surface area contributed by atoms with Crippen molar-refractivity contribution in [2.45, 2.75) is 45.2 Å². The van der Waals surface area contributed by atoms with E-state index in [9.17, 15) is 0 Å². The Hall–Kier alpha value is -1.26. The molecule has 0 radical (unpaired) electrons. The predicted molar refractivity (Wildman–Crippen MR) is 83.9 cm³/mol. The molecule has 0 spiro atoms. The smallest absolute Gasteiger partial charge is 0.231 e. The number of benzene rings is 1. The normalized spacial score (nSPS) is 23.2. The first-order valence-corrected chi connectivity index (χ1v) is 8.15. The molecule has 1 aromatic rings. The highest BCUT2D eigenvalue weighted by atomic mass is 16.7. The van der Waals surface area contributed by atoms with E-state index in [1.807, 2.05) is 6.07 Å². The third-order valence-electron chi connectivity index (χ3n) is 4.61. The number of piperidine rings is 1. The number of nitrogens with one attached hydrogen (secondary N) is 1. The molecule has 0 aliphatic carbocycles. The Morgan fingerprint density at radius 1 is 1.29 bits per heavy atom. The van der Waals surface area contributed by atoms with Gasteiger partial charge in [-0.15, -0.1) is 0 Å². The molecule has 2 atom stereocenters. The van der Waals surface area contributed by atoms with Crippen molar-refractivity contribution in [3.8, 4) is 11.5 Å². The fraction of sp³-hybridized carbons (Fsp3) is 0.647. The molecule has 21 heavy (non-hydrogen) atoms. The van der Waals surface area contributed by atoms with E-state index in [0.717, 1.165) is 24.6 Å². The molecule has 2 heterocycles. The van der Waals surface area contributed by atoms with E-state index >= 15 is 0 Å². The van der Waals surface area contributed by atoms with E-state index in [-0.39, 0.29) is 0 Å². The maximum absolute atomic E-state index is 5.51. The van der Waals surface area contributed by atoms with Crippen LogP contribution < -0.4 is 14.8 Å². The van der Waals surface area contributed by atoms with Crippen molar-refractivity contribution in [3.63, 3.8) is 0 Å². The van der Waals surface area contributed by atoms with Crippen LogP contribution in [0.2, 0.25) is 0 Å². The van der Waals surface area contributed by atoms with Crippen molar-refractivity contribution in [1.82, 2.24) is 10.2 Å². The summed E-state index contributed by atoms with van der Waals surface area (Å²) in [5.74, 6) is 1.74. The lowest BCUT2D eigenvalue weighted by molar-refractivity contribution is 0.144. The van der Waals surface area contributed by atoms with Gasteiger partial charge in [-0.05, 0) is 50.6 Å². The number of likely N-dealkylation sites (tertiary alicyclic amines) is 1. The highest BCUT2D eigenvalue weighted by Crippen LogP contribution is 2.34. The molecule has 4 heteroatoms. The first-order valence-electron chi connectivity index (χ1n) is 8.15. The van der Waals surface area contributed by atoms with Gasteiger partial charge < -0.3 is 14.8 Å². The lowest BCUT2D eigenvalue weighted by Crippen LogP contribution is -2.43. The zero-order valence-corrected chi connectivity index (χ0v) is 13.1. The predicted octanol–water partition coefficient (Wildman–Crippen LogP) is 2.94. The topological polar surface area (TPSA) is 33.7 Å². The molecule has 2 aliphatic heterocycles. The minimum atomic E-state index is 0.341. The molecule has 3 rings (SSSR count). The standard InChI is InChI=1S/C17H26N2O2/c1-3-18-15(11-19-9-5-4-6-13(19)2)14-7-8-16-17(10-14)21-12-20-16/h7-8,10,13,15,18H,3-6,9,11-12H2,1-2H3. The van der Waals surface area contributed by atoms with Gasteiger partial charge in [0.15, 0.2) is 11.5 Å². The summed E-state index contributed by atoms with van der Waals surface area (Å²) < 4.78 is 10.9. The van der Waals surface area contributed by atoms with Crippen LogP contribution >= 0.6 is 0 Å². The van der Waals surface area contributed by atoms with Crippen LogP contribution in [0.3, 0.4) is 0 Å². The molecular formula is C17H26N2O2. The van der Waals surface area contributed by atoms with Crippen LogP contribution in [0.25, 0.3) is 0 Å². The quantitative estimate of drug-likeness (QED) is 0.904. The lowest BCUT2D eigenvalue weighted by Gasteiger charge is -2.36. The van der Waals surface area contributed by atoms with Gasteiger partial charge >= 0.3 is 0 Å². The van der Waals surface area contributed by atoms with Gasteiger partial charge in [-0.1, -0.05) is 19.4 Å². The van der Waals surface area contributed by atoms with Crippen molar-refractivity contribution in [2.24, 2.45) is 0 Å². The van der Waals surface area contributed by atoms with Crippen LogP contribution in [0.5, 0.6) is 11.5 Å². The van der Waals surface area contributed by atoms with E-state index in [1.54, 1.807) is 0 Å². The van der Waals surface area contributed by atoms with Crippen LogP contribution in [-0.4, -0.2) is 37.4 Å². The lowest BCUT2D eigenvalue weighted by atomic mass is 10.00. The van der Waals surface area contributed by atoms with E-state index in [0.29, 0.717) is 18.9 Å². The molecule has 1 aromatic carbocycles. The van der Waals surface area contributed by atoms with E-state index in [1.165, 1.54) is 31.4 Å². The van der Waals surface area contributed by atoms with Gasteiger partial charge in [0.25, 0.3) is 0 Å². The first-order chi connectivity index (χ1) is 10.3. The average Bonchev–Trinajstić information content (AvgIpc) is 2.96. The summed E-state index contributed by atoms with van der Waals surface area (Å²) in [6, 6.07) is 7.36. The van der Waals surface area contributed by atoms with Gasteiger partial charge in [0.1, 0.15) is 0 Å². The number of hydrogen-bond acceptors (Lipinski definition) is 4. The van der Waals surface area contributed by atoms with Crippen LogP contribution in [-0.2, 0) is 0 Å². The minimum absolute atomic E-state index is 0.341. The second-order valence-electron chi connectivity index (χ2n) is 6.06. The Labute approximate surface area is 127 Å². The molecule has 0 bridgehead atoms. The molecular weight excluding hydrogens is 264 g/mol. The number of nitrogens with zero attached hydrogens (tertiary/aromatic N) is 1. The third-order valence-corrected chi connectivity index (χ3v) is 4.61. The molecule has 0 saturated carbocycles. The summed E-state index contributed by atoms with van der Waals surface area (Å²) in [6.45, 7) is 8.11. The number of ether oxygens (including phenoxy) is 2. The fourth-order valence-electron chi connectivity index (χ4n) is 3.33. The fourth-order valence-corrected chi connectivity index (χ4v) is 3.33. The van der Waals surface area contributed by atoms with Crippen LogP contribution in [0.4, 0.5) is 0 Å². The Kier molecular flexibility index (Phi) is 4.66. The SMILES string of the molecule is CCNC(CN1CCCCC1C)c1ccc2c(c1)OCO2. The van der Waals surface area contributed by atoms with Crippen molar-refractivity contribution in [1.29, 1.82) is 0 Å². The van der Waals surface area contributed by atoms with E-state index in [2.05, 4.69) is 36.2 Å². The Morgan fingerprint density at radius 2 is 2.14 bits per heavy atom. The number of fused-ring (bicyclic) bond motifs is 1. The molecule has 2 unspecified atom stereocenters. The number of rotatable bonds is 5. The van der Waals surface area contributed by atoms with Crippen molar-refractivity contribution >= 4 is 0 Å². The van der Waals surface area contributed by atoms with Gasteiger partial charge in [-0.25, -0.2) is 0 Å². The molecule has 116 valence electrons. The second-order valence-corrected chi connectivity index (χ2v) is 6.06. The van der Waals surface area contributed by atoms with Crippen LogP contribution in [0.15, 0.2) is 18.2 Å². The average molecular weight is 290 g/mol. The largest absolute Gasteiger partial charge is 0.454 e. The van der Waals surface area contributed by atoms with Gasteiger partial charge in [0.05, 0.1) is 0 Å². The zero-order chi connectivity index (χ0) is 14.7. The molecule has 1 fully saturated rings. The minimum Gasteiger partial charge on any atom is -0.454 e. The van der Waals surface area contributed by atoms with E-state index in [4.69, 9.17) is 9.47 Å². The van der Waals surface area contributed by atoms with Gasteiger partial charge in [-0.3, -0.25) is 4.90 Å². The monoisotopic (exact) mass is 290 g/mol. The number of hydrogen-bond donors (Lipinski definition) is 1. The third kappa shape index (κ3) is 3.33. The summed E-state index contributed by atoms with van der Waals surface area (Å²) in [7, 11) is 0. The van der Waals surface area contributed by atoms with Gasteiger partial charge in [-0.2, -0.15) is 0 Å². The summed E-state index contributed by atoms with van der Waals surface area (Å²) in [4.78, 5) is 2.61. The van der Waals surface area contributed by atoms with Gasteiger partial charge in [0, 0.05) is 18.6 Å². The Bertz CT molecular complexity index is 478. The van der Waals surface area contributed by atoms with Crippen LogP contribution in [0, 0.1) is 0 Å². The highest BCUT2D eigenvalue weighted by molar-refractivity contribution is 5.45. The molecule has 4 nitrogen and oxygen atoms in total. The van der Waals surface area contributed by atoms with Crippen molar-refractivity contribution < 1.29 is 9.47 Å². The zero-order valence-electron chi connectivity index (χ0n) is 13.1. The van der Waals surface area contributed by atoms with E-state index < -0.39 is 0 Å². The van der Waals surface area contributed by atoms with Crippen LogP contribution in [0.1, 0.15) is 44.7 Å². The first kappa shape index (κ1) is 14.7. The summed E-state index contributed by atoms with van der Waals surface area (Å²) in [5, 5.41) is 3.62. The summed E-state index contributed by atoms with van der Waals surface area (Å²) >= 11 is 0. The Morgan fingerprint density at radius 3 is 2.95 bits per heavy atom.